The molecule has 130 valence electrons. The quantitative estimate of drug-likeness (QED) is 0.632. The number of methoxy groups -OCH3 is 1. The highest BCUT2D eigenvalue weighted by Gasteiger charge is 2.11. The van der Waals surface area contributed by atoms with Crippen molar-refractivity contribution in [2.24, 2.45) is 0 Å². The van der Waals surface area contributed by atoms with Crippen molar-refractivity contribution in [2.75, 3.05) is 20.8 Å². The highest BCUT2D eigenvalue weighted by atomic mass is 35.5. The summed E-state index contributed by atoms with van der Waals surface area (Å²) in [5, 5.41) is 2.09. The SMILES string of the molecule is COc1ccc2ccc(OCC(=O)N(C)Cc3ccc(Cl)s3)cc2c1. The van der Waals surface area contributed by atoms with E-state index in [-0.39, 0.29) is 12.5 Å². The van der Waals surface area contributed by atoms with Crippen molar-refractivity contribution in [1.29, 1.82) is 0 Å². The Kier molecular flexibility index (Phi) is 5.46. The summed E-state index contributed by atoms with van der Waals surface area (Å²) in [5.74, 6) is 1.35. The van der Waals surface area contributed by atoms with Crippen LogP contribution in [0.15, 0.2) is 48.5 Å². The molecule has 0 saturated heterocycles. The van der Waals surface area contributed by atoms with Gasteiger partial charge in [-0.3, -0.25) is 4.79 Å². The van der Waals surface area contributed by atoms with Gasteiger partial charge in [-0.1, -0.05) is 23.7 Å². The largest absolute Gasteiger partial charge is 0.497 e. The van der Waals surface area contributed by atoms with Crippen molar-refractivity contribution in [1.82, 2.24) is 4.90 Å². The monoisotopic (exact) mass is 375 g/mol. The van der Waals surface area contributed by atoms with Crippen molar-refractivity contribution in [3.63, 3.8) is 0 Å². The van der Waals surface area contributed by atoms with Gasteiger partial charge in [0, 0.05) is 11.9 Å². The topological polar surface area (TPSA) is 38.8 Å². The molecule has 2 aromatic carbocycles. The molecular formula is C19H18ClNO3S. The Bertz CT molecular complexity index is 893. The van der Waals surface area contributed by atoms with Crippen molar-refractivity contribution in [2.45, 2.75) is 6.54 Å². The van der Waals surface area contributed by atoms with Crippen LogP contribution in [0.25, 0.3) is 10.8 Å². The molecule has 1 aromatic heterocycles. The second kappa shape index (κ2) is 7.76. The number of carbonyl (C=O) groups is 1. The lowest BCUT2D eigenvalue weighted by molar-refractivity contribution is -0.132. The number of nitrogens with zero attached hydrogens (tertiary/aromatic N) is 1. The lowest BCUT2D eigenvalue weighted by Gasteiger charge is -2.16. The molecule has 0 spiro atoms. The van der Waals surface area contributed by atoms with Crippen LogP contribution in [-0.4, -0.2) is 31.6 Å². The fraction of sp³-hybridized carbons (Fsp3) is 0.211. The lowest BCUT2D eigenvalue weighted by atomic mass is 10.1. The van der Waals surface area contributed by atoms with Crippen molar-refractivity contribution in [3.05, 3.63) is 57.7 Å². The molecule has 0 bridgehead atoms. The summed E-state index contributed by atoms with van der Waals surface area (Å²) in [7, 11) is 3.39. The fourth-order valence-corrected chi connectivity index (χ4v) is 3.57. The van der Waals surface area contributed by atoms with E-state index in [4.69, 9.17) is 21.1 Å². The van der Waals surface area contributed by atoms with Gasteiger partial charge >= 0.3 is 0 Å². The third-order valence-electron chi connectivity index (χ3n) is 3.83. The number of rotatable bonds is 6. The molecule has 25 heavy (non-hydrogen) atoms. The minimum absolute atomic E-state index is 0.00885. The maximum absolute atomic E-state index is 12.2. The molecule has 0 aliphatic rings. The molecule has 3 aromatic rings. The molecule has 0 atom stereocenters. The van der Waals surface area contributed by atoms with E-state index in [2.05, 4.69) is 0 Å². The second-order valence-electron chi connectivity index (χ2n) is 5.62. The number of hydrogen-bond donors (Lipinski definition) is 0. The Morgan fingerprint density at radius 2 is 1.80 bits per heavy atom. The van der Waals surface area contributed by atoms with Gasteiger partial charge in [-0.25, -0.2) is 0 Å². The lowest BCUT2D eigenvalue weighted by Crippen LogP contribution is -2.30. The molecule has 0 N–H and O–H groups in total. The van der Waals surface area contributed by atoms with E-state index >= 15 is 0 Å². The van der Waals surface area contributed by atoms with Gasteiger partial charge in [-0.15, -0.1) is 11.3 Å². The zero-order valence-electron chi connectivity index (χ0n) is 14.0. The van der Waals surface area contributed by atoms with Gasteiger partial charge in [0.2, 0.25) is 0 Å². The summed E-state index contributed by atoms with van der Waals surface area (Å²) >= 11 is 7.39. The van der Waals surface area contributed by atoms with Gasteiger partial charge in [-0.05, 0) is 47.2 Å². The first kappa shape index (κ1) is 17.6. The standard InChI is InChI=1S/C19H18ClNO3S/c1-21(11-17-7-8-18(20)25-17)19(22)12-24-16-6-4-13-3-5-15(23-2)9-14(13)10-16/h3-10H,11-12H2,1-2H3. The number of carbonyl (C=O) groups excluding carboxylic acids is 1. The van der Waals surface area contributed by atoms with Gasteiger partial charge in [0.25, 0.3) is 5.91 Å². The average Bonchev–Trinajstić information content (AvgIpc) is 3.03. The van der Waals surface area contributed by atoms with Gasteiger partial charge in [0.05, 0.1) is 18.0 Å². The fourth-order valence-electron chi connectivity index (χ4n) is 2.43. The smallest absolute Gasteiger partial charge is 0.260 e. The minimum atomic E-state index is -0.0877. The van der Waals surface area contributed by atoms with Crippen molar-refractivity contribution >= 4 is 39.6 Å². The van der Waals surface area contributed by atoms with Crippen LogP contribution in [0.4, 0.5) is 0 Å². The number of likely N-dealkylation sites (N-methyl/N-ethyl adjacent to an activating group) is 1. The van der Waals surface area contributed by atoms with Gasteiger partial charge in [0.15, 0.2) is 6.61 Å². The number of fused-ring (bicyclic) bond motifs is 1. The Morgan fingerprint density at radius 1 is 1.08 bits per heavy atom. The maximum atomic E-state index is 12.2. The maximum Gasteiger partial charge on any atom is 0.260 e. The van der Waals surface area contributed by atoms with Crippen LogP contribution in [0.5, 0.6) is 11.5 Å². The zero-order valence-corrected chi connectivity index (χ0v) is 15.6. The number of amides is 1. The number of benzene rings is 2. The number of thiophene rings is 1. The van der Waals surface area contributed by atoms with Crippen LogP contribution < -0.4 is 9.47 Å². The molecule has 1 heterocycles. The van der Waals surface area contributed by atoms with Crippen LogP contribution in [0, 0.1) is 0 Å². The molecule has 6 heteroatoms. The molecule has 0 fully saturated rings. The van der Waals surface area contributed by atoms with Crippen molar-refractivity contribution in [3.8, 4) is 11.5 Å². The summed E-state index contributed by atoms with van der Waals surface area (Å²) in [4.78, 5) is 14.9. The highest BCUT2D eigenvalue weighted by Crippen LogP contribution is 2.25. The Morgan fingerprint density at radius 3 is 2.48 bits per heavy atom. The van der Waals surface area contributed by atoms with Crippen LogP contribution in [0.2, 0.25) is 4.34 Å². The molecule has 0 aliphatic heterocycles. The van der Waals surface area contributed by atoms with Gasteiger partial charge < -0.3 is 14.4 Å². The summed E-state index contributed by atoms with van der Waals surface area (Å²) in [6, 6.07) is 15.3. The number of hydrogen-bond acceptors (Lipinski definition) is 4. The third-order valence-corrected chi connectivity index (χ3v) is 5.04. The molecule has 1 amide bonds. The summed E-state index contributed by atoms with van der Waals surface area (Å²) < 4.78 is 11.6. The van der Waals surface area contributed by atoms with E-state index in [1.54, 1.807) is 19.1 Å². The first-order valence-corrected chi connectivity index (χ1v) is 8.93. The van der Waals surface area contributed by atoms with E-state index in [0.29, 0.717) is 12.3 Å². The molecule has 0 aliphatic carbocycles. The molecule has 4 nitrogen and oxygen atoms in total. The summed E-state index contributed by atoms with van der Waals surface area (Å²) in [6.07, 6.45) is 0. The Hall–Kier alpha value is -2.24. The Labute approximate surface area is 155 Å². The number of halogens is 1. The third kappa shape index (κ3) is 4.44. The molecule has 0 unspecified atom stereocenters. The average molecular weight is 376 g/mol. The predicted octanol–water partition coefficient (Wildman–Crippen LogP) is 4.60. The highest BCUT2D eigenvalue weighted by molar-refractivity contribution is 7.16. The van der Waals surface area contributed by atoms with Crippen LogP contribution >= 0.6 is 22.9 Å². The van der Waals surface area contributed by atoms with E-state index in [1.165, 1.54) is 11.3 Å². The summed E-state index contributed by atoms with van der Waals surface area (Å²) in [6.45, 7) is 0.513. The Balaban J connectivity index is 1.62. The van der Waals surface area contributed by atoms with Crippen LogP contribution in [0.3, 0.4) is 0 Å². The van der Waals surface area contributed by atoms with Gasteiger partial charge in [0.1, 0.15) is 11.5 Å². The first-order valence-electron chi connectivity index (χ1n) is 7.74. The van der Waals surface area contributed by atoms with Crippen molar-refractivity contribution < 1.29 is 14.3 Å². The van der Waals surface area contributed by atoms with Crippen LogP contribution in [0.1, 0.15) is 4.88 Å². The van der Waals surface area contributed by atoms with Crippen LogP contribution in [-0.2, 0) is 11.3 Å². The molecular weight excluding hydrogens is 358 g/mol. The normalized spacial score (nSPS) is 10.7. The van der Waals surface area contributed by atoms with E-state index in [9.17, 15) is 4.79 Å². The molecule has 0 radical (unpaired) electrons. The molecule has 0 saturated carbocycles. The number of ether oxygens (including phenoxy) is 2. The predicted molar refractivity (Wildman–Crippen MR) is 102 cm³/mol. The zero-order chi connectivity index (χ0) is 17.8. The van der Waals surface area contributed by atoms with E-state index < -0.39 is 0 Å². The minimum Gasteiger partial charge on any atom is -0.497 e. The first-order chi connectivity index (χ1) is 12.0. The van der Waals surface area contributed by atoms with E-state index in [1.807, 2.05) is 48.5 Å². The molecule has 3 rings (SSSR count). The second-order valence-corrected chi connectivity index (χ2v) is 7.42. The summed E-state index contributed by atoms with van der Waals surface area (Å²) in [5.41, 5.74) is 0. The van der Waals surface area contributed by atoms with E-state index in [0.717, 1.165) is 25.7 Å². The van der Waals surface area contributed by atoms with Gasteiger partial charge in [-0.2, -0.15) is 0 Å².